The summed E-state index contributed by atoms with van der Waals surface area (Å²) in [5.74, 6) is -0.480. The van der Waals surface area contributed by atoms with Crippen molar-refractivity contribution in [3.8, 4) is 23.0 Å². The number of ketones is 1. The maximum Gasteiger partial charge on any atom is 0.160 e. The molecule has 6 nitrogen and oxygen atoms in total. The van der Waals surface area contributed by atoms with Crippen LogP contribution in [0.5, 0.6) is 23.0 Å². The van der Waals surface area contributed by atoms with Gasteiger partial charge in [-0.15, -0.1) is 0 Å². The second-order valence-electron chi connectivity index (χ2n) is 10.4. The van der Waals surface area contributed by atoms with Crippen LogP contribution in [-0.2, 0) is 17.6 Å². The van der Waals surface area contributed by atoms with Gasteiger partial charge in [-0.2, -0.15) is 0 Å². The molecule has 4 N–H and O–H groups in total. The minimum atomic E-state index is -0.811. The summed E-state index contributed by atoms with van der Waals surface area (Å²) >= 11 is 0. The third-order valence-electron chi connectivity index (χ3n) is 7.51. The molecule has 0 amide bonds. The van der Waals surface area contributed by atoms with Crippen LogP contribution in [0.3, 0.4) is 0 Å². The number of phenols is 3. The van der Waals surface area contributed by atoms with Crippen molar-refractivity contribution in [2.75, 3.05) is 7.11 Å². The number of unbranched alkanes of at least 4 members (excludes halogenated alkanes) is 2. The molecule has 0 radical (unpaired) electrons. The number of methoxy groups -OCH3 is 1. The lowest BCUT2D eigenvalue weighted by atomic mass is 9.81. The quantitative estimate of drug-likeness (QED) is 0.121. The van der Waals surface area contributed by atoms with Gasteiger partial charge in [-0.05, 0) is 79.0 Å². The molecule has 0 unspecified atom stereocenters. The predicted octanol–water partition coefficient (Wildman–Crippen LogP) is 6.68. The summed E-state index contributed by atoms with van der Waals surface area (Å²) in [6.45, 7) is 2.11. The minimum absolute atomic E-state index is 0.0391. The Kier molecular flexibility index (Phi) is 11.7. The summed E-state index contributed by atoms with van der Waals surface area (Å²) in [5.41, 5.74) is 2.91. The van der Waals surface area contributed by atoms with Crippen molar-refractivity contribution >= 4 is 5.78 Å². The Bertz CT molecular complexity index is 1180. The molecule has 0 bridgehead atoms. The van der Waals surface area contributed by atoms with Gasteiger partial charge in [0.25, 0.3) is 0 Å². The highest BCUT2D eigenvalue weighted by Gasteiger charge is 2.29. The van der Waals surface area contributed by atoms with Gasteiger partial charge < -0.3 is 25.2 Å². The first-order valence-electron chi connectivity index (χ1n) is 13.9. The monoisotopic (exact) mass is 534 g/mol. The molecule has 0 heterocycles. The van der Waals surface area contributed by atoms with Crippen molar-refractivity contribution in [1.29, 1.82) is 0 Å². The zero-order valence-corrected chi connectivity index (χ0v) is 23.1. The fourth-order valence-corrected chi connectivity index (χ4v) is 5.14. The largest absolute Gasteiger partial charge is 0.504 e. The van der Waals surface area contributed by atoms with Crippen LogP contribution in [0.1, 0.15) is 74.5 Å². The highest BCUT2D eigenvalue weighted by Crippen LogP contribution is 2.35. The smallest absolute Gasteiger partial charge is 0.160 e. The van der Waals surface area contributed by atoms with Crippen molar-refractivity contribution in [3.05, 3.63) is 83.4 Å². The molecule has 0 spiro atoms. The number of aliphatic hydroxyl groups is 1. The van der Waals surface area contributed by atoms with Crippen LogP contribution in [0, 0.1) is 5.92 Å². The highest BCUT2D eigenvalue weighted by molar-refractivity contribution is 5.82. The van der Waals surface area contributed by atoms with Crippen LogP contribution in [0.15, 0.2) is 66.7 Å². The summed E-state index contributed by atoms with van der Waals surface area (Å²) in [7, 11) is 1.51. The van der Waals surface area contributed by atoms with Crippen molar-refractivity contribution in [3.63, 3.8) is 0 Å². The lowest BCUT2D eigenvalue weighted by molar-refractivity contribution is -0.127. The minimum Gasteiger partial charge on any atom is -0.504 e. The SMILES string of the molecule is CCCCC[C@H](C(=O)C[C@H](CCc1ccccc1)c1ccc(O)c(OC)c1)[C@H](O)CCc1ccc(O)c(O)c1. The molecule has 0 fully saturated rings. The van der Waals surface area contributed by atoms with E-state index in [0.29, 0.717) is 25.0 Å². The molecule has 0 saturated heterocycles. The van der Waals surface area contributed by atoms with Gasteiger partial charge in [-0.1, -0.05) is 68.7 Å². The lowest BCUT2D eigenvalue weighted by Gasteiger charge is -2.25. The van der Waals surface area contributed by atoms with E-state index < -0.39 is 12.0 Å². The van der Waals surface area contributed by atoms with Gasteiger partial charge in [0.05, 0.1) is 13.2 Å². The number of Topliss-reactive ketones (excluding diaryl/α,β-unsaturated/α-hetero) is 1. The van der Waals surface area contributed by atoms with Gasteiger partial charge in [-0.3, -0.25) is 4.79 Å². The third-order valence-corrected chi connectivity index (χ3v) is 7.51. The van der Waals surface area contributed by atoms with Gasteiger partial charge >= 0.3 is 0 Å². The van der Waals surface area contributed by atoms with Gasteiger partial charge in [0.15, 0.2) is 23.0 Å². The van der Waals surface area contributed by atoms with E-state index in [1.54, 1.807) is 18.2 Å². The number of ether oxygens (including phenoxy) is 1. The molecule has 210 valence electrons. The second-order valence-corrected chi connectivity index (χ2v) is 10.4. The van der Waals surface area contributed by atoms with Crippen LogP contribution in [0.2, 0.25) is 0 Å². The number of phenolic OH excluding ortho intramolecular Hbond substituents is 3. The van der Waals surface area contributed by atoms with E-state index in [0.717, 1.165) is 43.2 Å². The normalized spacial score (nSPS) is 13.5. The topological polar surface area (TPSA) is 107 Å². The summed E-state index contributed by atoms with van der Waals surface area (Å²) in [6.07, 6.45) is 5.40. The number of carbonyl (C=O) groups excluding carboxylic acids is 1. The lowest BCUT2D eigenvalue weighted by Crippen LogP contribution is -2.30. The molecule has 3 aromatic rings. The number of carbonyl (C=O) groups is 1. The van der Waals surface area contributed by atoms with E-state index in [1.807, 2.05) is 24.3 Å². The van der Waals surface area contributed by atoms with Crippen molar-refractivity contribution in [2.45, 2.75) is 76.7 Å². The first-order chi connectivity index (χ1) is 18.8. The van der Waals surface area contributed by atoms with Gasteiger partial charge in [-0.25, -0.2) is 0 Å². The first-order valence-corrected chi connectivity index (χ1v) is 13.9. The molecule has 0 aromatic heterocycles. The molecule has 3 rings (SSSR count). The summed E-state index contributed by atoms with van der Waals surface area (Å²) in [6, 6.07) is 20.1. The Balaban J connectivity index is 1.78. The number of hydrogen-bond donors (Lipinski definition) is 4. The molecule has 6 heteroatoms. The average Bonchev–Trinajstić information content (AvgIpc) is 2.94. The molecule has 0 saturated carbocycles. The summed E-state index contributed by atoms with van der Waals surface area (Å²) < 4.78 is 5.34. The van der Waals surface area contributed by atoms with Crippen LogP contribution < -0.4 is 4.74 Å². The molecule has 3 aromatic carbocycles. The Morgan fingerprint density at radius 1 is 0.795 bits per heavy atom. The fraction of sp³-hybridized carbons (Fsp3) is 0.424. The molecular formula is C33H42O6. The maximum atomic E-state index is 13.8. The molecule has 3 atom stereocenters. The van der Waals surface area contributed by atoms with E-state index in [2.05, 4.69) is 19.1 Å². The Labute approximate surface area is 231 Å². The van der Waals surface area contributed by atoms with Gasteiger partial charge in [0, 0.05) is 12.3 Å². The number of aryl methyl sites for hydroxylation is 2. The number of benzene rings is 3. The maximum absolute atomic E-state index is 13.8. The molecule has 39 heavy (non-hydrogen) atoms. The average molecular weight is 535 g/mol. The zero-order chi connectivity index (χ0) is 28.2. The van der Waals surface area contributed by atoms with Crippen LogP contribution in [0.25, 0.3) is 0 Å². The van der Waals surface area contributed by atoms with Crippen molar-refractivity contribution in [2.24, 2.45) is 5.92 Å². The zero-order valence-electron chi connectivity index (χ0n) is 23.1. The van der Waals surface area contributed by atoms with E-state index in [9.17, 15) is 25.2 Å². The van der Waals surface area contributed by atoms with Crippen LogP contribution >= 0.6 is 0 Å². The summed E-state index contributed by atoms with van der Waals surface area (Å²) in [5, 5.41) is 40.7. The van der Waals surface area contributed by atoms with Crippen LogP contribution in [0.4, 0.5) is 0 Å². The first kappa shape index (κ1) is 30.0. The number of aromatic hydroxyl groups is 3. The van der Waals surface area contributed by atoms with Gasteiger partial charge in [0.2, 0.25) is 0 Å². The Morgan fingerprint density at radius 2 is 1.51 bits per heavy atom. The van der Waals surface area contributed by atoms with Crippen molar-refractivity contribution < 1.29 is 30.0 Å². The van der Waals surface area contributed by atoms with Crippen LogP contribution in [-0.4, -0.2) is 39.4 Å². The van der Waals surface area contributed by atoms with E-state index in [4.69, 9.17) is 4.74 Å². The molecule has 0 aliphatic heterocycles. The van der Waals surface area contributed by atoms with Gasteiger partial charge in [0.1, 0.15) is 5.78 Å². The fourth-order valence-electron chi connectivity index (χ4n) is 5.14. The number of aliphatic hydroxyl groups excluding tert-OH is 1. The molecule has 0 aliphatic rings. The second kappa shape index (κ2) is 15.2. The molecular weight excluding hydrogens is 492 g/mol. The van der Waals surface area contributed by atoms with Crippen molar-refractivity contribution in [1.82, 2.24) is 0 Å². The highest BCUT2D eigenvalue weighted by atomic mass is 16.5. The van der Waals surface area contributed by atoms with E-state index >= 15 is 0 Å². The van der Waals surface area contributed by atoms with E-state index in [-0.39, 0.29) is 35.4 Å². The summed E-state index contributed by atoms with van der Waals surface area (Å²) in [4.78, 5) is 13.8. The predicted molar refractivity (Wildman–Crippen MR) is 154 cm³/mol. The number of rotatable bonds is 16. The third kappa shape index (κ3) is 9.03. The standard InChI is InChI=1S/C33H42O6/c1-3-4-6-11-27(28(34)17-13-24-14-18-29(35)32(38)20-24)31(37)21-25(15-12-23-9-7-5-8-10-23)26-16-19-30(36)33(22-26)39-2/h5,7-10,14,16,18-20,22,25,27-28,34-36,38H,3-4,6,11-13,15,17,21H2,1-2H3/t25-,27-,28+/m0/s1. The van der Waals surface area contributed by atoms with E-state index in [1.165, 1.54) is 24.8 Å². The Hall–Kier alpha value is -3.51. The molecule has 0 aliphatic carbocycles. The Morgan fingerprint density at radius 3 is 2.21 bits per heavy atom. The number of hydrogen-bond acceptors (Lipinski definition) is 6.